The molecule has 0 N–H and O–H groups in total. The molecule has 2 rings (SSSR count). The Hall–Kier alpha value is -1.54. The number of alkyl halides is 1. The molecule has 0 aliphatic carbocycles. The topological polar surface area (TPSA) is 16.1 Å². The quantitative estimate of drug-likeness (QED) is 0.710. The molecular formula is C18H23ClN2. The Morgan fingerprint density at radius 3 is 2.19 bits per heavy atom. The average molecular weight is 303 g/mol. The predicted molar refractivity (Wildman–Crippen MR) is 91.9 cm³/mol. The maximum absolute atomic E-state index is 6.03. The van der Waals surface area contributed by atoms with Crippen molar-refractivity contribution < 1.29 is 0 Å². The number of aromatic nitrogens is 1. The maximum atomic E-state index is 6.03. The fraction of sp³-hybridized carbons (Fsp3) is 0.389. The molecule has 0 unspecified atom stereocenters. The highest BCUT2D eigenvalue weighted by molar-refractivity contribution is 6.17. The van der Waals surface area contributed by atoms with E-state index >= 15 is 0 Å². The first-order valence-corrected chi connectivity index (χ1v) is 7.83. The number of hydrogen-bond donors (Lipinski definition) is 0. The molecule has 3 heteroatoms. The van der Waals surface area contributed by atoms with Crippen LogP contribution in [0.4, 0.5) is 11.5 Å². The average Bonchev–Trinajstić information content (AvgIpc) is 2.44. The van der Waals surface area contributed by atoms with E-state index in [0.29, 0.717) is 11.8 Å². The molecule has 0 fully saturated rings. The van der Waals surface area contributed by atoms with E-state index in [1.54, 1.807) is 0 Å². The normalized spacial score (nSPS) is 11.0. The van der Waals surface area contributed by atoms with Crippen LogP contribution in [-0.4, -0.2) is 12.0 Å². The van der Waals surface area contributed by atoms with Crippen LogP contribution in [-0.2, 0) is 5.88 Å². The van der Waals surface area contributed by atoms with Gasteiger partial charge in [-0.1, -0.05) is 19.9 Å². The lowest BCUT2D eigenvalue weighted by molar-refractivity contribution is 0.817. The lowest BCUT2D eigenvalue weighted by atomic mass is 10.1. The highest BCUT2D eigenvalue weighted by atomic mass is 35.5. The highest BCUT2D eigenvalue weighted by Gasteiger charge is 2.11. The molecule has 0 radical (unpaired) electrons. The summed E-state index contributed by atoms with van der Waals surface area (Å²) in [5, 5.41) is 0. The number of benzene rings is 1. The summed E-state index contributed by atoms with van der Waals surface area (Å²) in [6, 6.07) is 10.7. The number of rotatable bonds is 4. The van der Waals surface area contributed by atoms with Gasteiger partial charge < -0.3 is 4.90 Å². The summed E-state index contributed by atoms with van der Waals surface area (Å²) in [6.07, 6.45) is 0. The number of pyridine rings is 1. The van der Waals surface area contributed by atoms with Gasteiger partial charge in [-0.2, -0.15) is 0 Å². The van der Waals surface area contributed by atoms with Crippen molar-refractivity contribution in [2.45, 2.75) is 39.5 Å². The molecule has 0 saturated carbocycles. The third-order valence-corrected chi connectivity index (χ3v) is 3.88. The Balaban J connectivity index is 2.46. The zero-order chi connectivity index (χ0) is 15.6. The first kappa shape index (κ1) is 15.8. The van der Waals surface area contributed by atoms with Gasteiger partial charge in [0.2, 0.25) is 0 Å². The standard InChI is InChI=1S/C18H23ClN2/c1-12(2)17-9-15(11-19)10-18(20-17)21(5)16-7-13(3)6-14(4)8-16/h6-10,12H,11H2,1-5H3. The molecular weight excluding hydrogens is 280 g/mol. The van der Waals surface area contributed by atoms with Crippen molar-refractivity contribution in [3.05, 3.63) is 52.7 Å². The lowest BCUT2D eigenvalue weighted by Gasteiger charge is -2.21. The van der Waals surface area contributed by atoms with Gasteiger partial charge in [0.15, 0.2) is 0 Å². The van der Waals surface area contributed by atoms with Crippen LogP contribution in [0, 0.1) is 13.8 Å². The summed E-state index contributed by atoms with van der Waals surface area (Å²) in [7, 11) is 2.05. The summed E-state index contributed by atoms with van der Waals surface area (Å²) in [5.74, 6) is 1.84. The van der Waals surface area contributed by atoms with Crippen molar-refractivity contribution in [3.63, 3.8) is 0 Å². The second-order valence-electron chi connectivity index (χ2n) is 5.95. The van der Waals surface area contributed by atoms with Gasteiger partial charge in [-0.3, -0.25) is 0 Å². The molecule has 1 aromatic heterocycles. The summed E-state index contributed by atoms with van der Waals surface area (Å²) in [4.78, 5) is 6.91. The van der Waals surface area contributed by atoms with Crippen LogP contribution < -0.4 is 4.90 Å². The minimum absolute atomic E-state index is 0.388. The Kier molecular flexibility index (Phi) is 4.89. The van der Waals surface area contributed by atoms with E-state index < -0.39 is 0 Å². The predicted octanol–water partition coefficient (Wildman–Crippen LogP) is 5.33. The van der Waals surface area contributed by atoms with E-state index in [2.05, 4.69) is 70.0 Å². The van der Waals surface area contributed by atoms with Crippen molar-refractivity contribution in [1.82, 2.24) is 4.98 Å². The smallest absolute Gasteiger partial charge is 0.133 e. The van der Waals surface area contributed by atoms with Crippen LogP contribution in [0.2, 0.25) is 0 Å². The molecule has 2 nitrogen and oxygen atoms in total. The van der Waals surface area contributed by atoms with Gasteiger partial charge in [-0.25, -0.2) is 4.98 Å². The Morgan fingerprint density at radius 1 is 1.05 bits per heavy atom. The first-order chi connectivity index (χ1) is 9.90. The molecule has 0 saturated heterocycles. The molecule has 0 atom stereocenters. The van der Waals surface area contributed by atoms with Crippen LogP contribution in [0.5, 0.6) is 0 Å². The summed E-state index contributed by atoms with van der Waals surface area (Å²) in [6.45, 7) is 8.54. The molecule has 112 valence electrons. The number of halogens is 1. The van der Waals surface area contributed by atoms with Crippen molar-refractivity contribution in [2.75, 3.05) is 11.9 Å². The minimum Gasteiger partial charge on any atom is -0.329 e. The van der Waals surface area contributed by atoms with Crippen LogP contribution in [0.15, 0.2) is 30.3 Å². The number of hydrogen-bond acceptors (Lipinski definition) is 2. The second kappa shape index (κ2) is 6.48. The van der Waals surface area contributed by atoms with E-state index in [4.69, 9.17) is 16.6 Å². The second-order valence-corrected chi connectivity index (χ2v) is 6.22. The Bertz CT molecular complexity index is 615. The molecule has 0 amide bonds. The highest BCUT2D eigenvalue weighted by Crippen LogP contribution is 2.27. The van der Waals surface area contributed by atoms with Gasteiger partial charge in [-0.15, -0.1) is 11.6 Å². The summed E-state index contributed by atoms with van der Waals surface area (Å²) < 4.78 is 0. The molecule has 2 aromatic rings. The van der Waals surface area contributed by atoms with E-state index in [1.165, 1.54) is 11.1 Å². The molecule has 0 aliphatic rings. The Morgan fingerprint density at radius 2 is 1.67 bits per heavy atom. The van der Waals surface area contributed by atoms with Crippen molar-refractivity contribution in [1.29, 1.82) is 0 Å². The molecule has 0 bridgehead atoms. The molecule has 0 aliphatic heterocycles. The zero-order valence-electron chi connectivity index (χ0n) is 13.4. The minimum atomic E-state index is 0.388. The fourth-order valence-corrected chi connectivity index (χ4v) is 2.57. The Labute approximate surface area is 132 Å². The fourth-order valence-electron chi connectivity index (χ4n) is 2.42. The van der Waals surface area contributed by atoms with Crippen LogP contribution in [0.1, 0.15) is 42.1 Å². The van der Waals surface area contributed by atoms with Gasteiger partial charge in [0.1, 0.15) is 5.82 Å². The molecule has 0 spiro atoms. The van der Waals surface area contributed by atoms with Crippen molar-refractivity contribution >= 4 is 23.1 Å². The van der Waals surface area contributed by atoms with Gasteiger partial charge >= 0.3 is 0 Å². The number of anilines is 2. The number of aryl methyl sites for hydroxylation is 2. The molecule has 1 aromatic carbocycles. The zero-order valence-corrected chi connectivity index (χ0v) is 14.2. The van der Waals surface area contributed by atoms with Crippen LogP contribution >= 0.6 is 11.6 Å². The third kappa shape index (κ3) is 3.76. The SMILES string of the molecule is Cc1cc(C)cc(N(C)c2cc(CCl)cc(C(C)C)n2)c1. The summed E-state index contributed by atoms with van der Waals surface area (Å²) in [5.41, 5.74) is 5.87. The third-order valence-electron chi connectivity index (χ3n) is 3.57. The van der Waals surface area contributed by atoms with Crippen LogP contribution in [0.25, 0.3) is 0 Å². The first-order valence-electron chi connectivity index (χ1n) is 7.29. The van der Waals surface area contributed by atoms with Crippen molar-refractivity contribution in [3.8, 4) is 0 Å². The van der Waals surface area contributed by atoms with E-state index in [-0.39, 0.29) is 0 Å². The van der Waals surface area contributed by atoms with Gasteiger partial charge in [-0.05, 0) is 60.7 Å². The van der Waals surface area contributed by atoms with Crippen molar-refractivity contribution in [2.24, 2.45) is 0 Å². The van der Waals surface area contributed by atoms with Gasteiger partial charge in [0.25, 0.3) is 0 Å². The largest absolute Gasteiger partial charge is 0.329 e. The number of nitrogens with zero attached hydrogens (tertiary/aromatic N) is 2. The van der Waals surface area contributed by atoms with Gasteiger partial charge in [0, 0.05) is 24.3 Å². The van der Waals surface area contributed by atoms with E-state index in [9.17, 15) is 0 Å². The van der Waals surface area contributed by atoms with Gasteiger partial charge in [0.05, 0.1) is 0 Å². The molecule has 1 heterocycles. The van der Waals surface area contributed by atoms with Crippen LogP contribution in [0.3, 0.4) is 0 Å². The van der Waals surface area contributed by atoms with E-state index in [1.807, 2.05) is 0 Å². The van der Waals surface area contributed by atoms with E-state index in [0.717, 1.165) is 22.8 Å². The monoisotopic (exact) mass is 302 g/mol. The lowest BCUT2D eigenvalue weighted by Crippen LogP contribution is -2.13. The maximum Gasteiger partial charge on any atom is 0.133 e. The molecule has 21 heavy (non-hydrogen) atoms. The summed E-state index contributed by atoms with van der Waals surface area (Å²) >= 11 is 6.03.